The number of furan rings is 2. The molecule has 4 aromatic heterocycles. The van der Waals surface area contributed by atoms with Crippen LogP contribution in [0.15, 0.2) is 141 Å². The zero-order valence-electron chi connectivity index (χ0n) is 25.0. The van der Waals surface area contributed by atoms with Crippen molar-refractivity contribution in [3.63, 3.8) is 0 Å². The van der Waals surface area contributed by atoms with Crippen LogP contribution in [0.1, 0.15) is 0 Å². The van der Waals surface area contributed by atoms with Crippen LogP contribution in [0.3, 0.4) is 0 Å². The summed E-state index contributed by atoms with van der Waals surface area (Å²) in [4.78, 5) is 15.2. The largest absolute Gasteiger partial charge is 0.456 e. The van der Waals surface area contributed by atoms with Crippen LogP contribution in [-0.4, -0.2) is 29.9 Å². The molecule has 0 saturated heterocycles. The first-order valence-electron chi connectivity index (χ1n) is 15.4. The van der Waals surface area contributed by atoms with E-state index in [0.717, 1.165) is 81.8 Å². The minimum atomic E-state index is 0.524. The van der Waals surface area contributed by atoms with Gasteiger partial charge in [-0.05, 0) is 78.9 Å². The smallest absolute Gasteiger partial charge is 0.164 e. The van der Waals surface area contributed by atoms with Crippen LogP contribution in [0.5, 0.6) is 0 Å². The maximum atomic E-state index is 6.11. The molecule has 9 heteroatoms. The van der Waals surface area contributed by atoms with Crippen molar-refractivity contribution < 1.29 is 8.83 Å². The predicted molar refractivity (Wildman–Crippen MR) is 191 cm³/mol. The standard InChI is InChI=1S/C39H21BrN6O2/c40-25-17-24(18-26(21-25)46-32-10-4-3-9-31(32)44-45-46)39-42-37(22-13-15-35-29(19-22)27-7-1-5-11-33(27)47-35)41-38(43-39)23-14-16-36-30(20-23)28-8-2-6-12-34(28)48-36/h1-21H. The third-order valence-corrected chi connectivity index (χ3v) is 9.10. The summed E-state index contributed by atoms with van der Waals surface area (Å²) in [5.74, 6) is 1.62. The molecule has 0 atom stereocenters. The van der Waals surface area contributed by atoms with Crippen molar-refractivity contribution in [2.24, 2.45) is 0 Å². The number of halogens is 1. The van der Waals surface area contributed by atoms with Crippen molar-refractivity contribution in [2.75, 3.05) is 0 Å². The highest BCUT2D eigenvalue weighted by Crippen LogP contribution is 2.35. The summed E-state index contributed by atoms with van der Waals surface area (Å²) in [7, 11) is 0. The van der Waals surface area contributed by atoms with Gasteiger partial charge in [-0.25, -0.2) is 19.6 Å². The van der Waals surface area contributed by atoms with E-state index in [0.29, 0.717) is 17.5 Å². The molecule has 0 fully saturated rings. The van der Waals surface area contributed by atoms with Crippen molar-refractivity contribution in [2.45, 2.75) is 0 Å². The molecule has 0 aliphatic heterocycles. The number of hydrogen-bond acceptors (Lipinski definition) is 7. The summed E-state index contributed by atoms with van der Waals surface area (Å²) >= 11 is 3.72. The van der Waals surface area contributed by atoms with Crippen LogP contribution >= 0.6 is 15.9 Å². The minimum Gasteiger partial charge on any atom is -0.456 e. The molecule has 0 aliphatic rings. The van der Waals surface area contributed by atoms with Gasteiger partial charge in [0, 0.05) is 42.7 Å². The van der Waals surface area contributed by atoms with E-state index in [4.69, 9.17) is 23.8 Å². The van der Waals surface area contributed by atoms with Gasteiger partial charge in [0.05, 0.1) is 11.2 Å². The van der Waals surface area contributed by atoms with Gasteiger partial charge < -0.3 is 8.83 Å². The lowest BCUT2D eigenvalue weighted by Crippen LogP contribution is -2.02. The molecule has 6 aromatic carbocycles. The van der Waals surface area contributed by atoms with E-state index in [9.17, 15) is 0 Å². The third kappa shape index (κ3) is 4.32. The monoisotopic (exact) mass is 684 g/mol. The number of benzene rings is 6. The normalized spacial score (nSPS) is 11.9. The van der Waals surface area contributed by atoms with Gasteiger partial charge in [0.15, 0.2) is 17.5 Å². The van der Waals surface area contributed by atoms with Crippen LogP contribution in [-0.2, 0) is 0 Å². The first-order chi connectivity index (χ1) is 23.6. The van der Waals surface area contributed by atoms with Crippen LogP contribution < -0.4 is 0 Å². The van der Waals surface area contributed by atoms with Crippen LogP contribution in [0.4, 0.5) is 0 Å². The van der Waals surface area contributed by atoms with Crippen molar-refractivity contribution in [3.05, 3.63) is 132 Å². The molecule has 10 aromatic rings. The topological polar surface area (TPSA) is 95.7 Å². The second kappa shape index (κ2) is 10.4. The molecular formula is C39H21BrN6O2. The van der Waals surface area contributed by atoms with Crippen molar-refractivity contribution >= 4 is 70.8 Å². The molecule has 0 amide bonds. The molecule has 10 rings (SSSR count). The molecule has 48 heavy (non-hydrogen) atoms. The fraction of sp³-hybridized carbons (Fsp3) is 0. The highest BCUT2D eigenvalue weighted by Gasteiger charge is 2.18. The number of rotatable bonds is 4. The Bertz CT molecular complexity index is 2760. The van der Waals surface area contributed by atoms with Gasteiger partial charge in [0.2, 0.25) is 0 Å². The quantitative estimate of drug-likeness (QED) is 0.182. The number of nitrogens with zero attached hydrogens (tertiary/aromatic N) is 6. The van der Waals surface area contributed by atoms with Gasteiger partial charge in [-0.3, -0.25) is 0 Å². The lowest BCUT2D eigenvalue weighted by atomic mass is 10.1. The maximum Gasteiger partial charge on any atom is 0.164 e. The van der Waals surface area contributed by atoms with Gasteiger partial charge in [0.25, 0.3) is 0 Å². The Hall–Kier alpha value is -6.19. The second-order valence-corrected chi connectivity index (χ2v) is 12.5. The fourth-order valence-electron chi connectivity index (χ4n) is 6.38. The summed E-state index contributed by atoms with van der Waals surface area (Å²) in [5, 5.41) is 12.9. The summed E-state index contributed by atoms with van der Waals surface area (Å²) in [5.41, 5.74) is 8.34. The summed E-state index contributed by atoms with van der Waals surface area (Å²) in [6, 6.07) is 42.1. The lowest BCUT2D eigenvalue weighted by molar-refractivity contribution is 0.668. The van der Waals surface area contributed by atoms with E-state index in [1.807, 2.05) is 108 Å². The highest BCUT2D eigenvalue weighted by atomic mass is 79.9. The van der Waals surface area contributed by atoms with Crippen molar-refractivity contribution in [3.8, 4) is 39.9 Å². The van der Waals surface area contributed by atoms with Gasteiger partial charge in [-0.2, -0.15) is 0 Å². The van der Waals surface area contributed by atoms with E-state index in [1.54, 1.807) is 0 Å². The average Bonchev–Trinajstić information content (AvgIpc) is 3.84. The molecule has 0 aliphatic carbocycles. The molecule has 0 radical (unpaired) electrons. The lowest BCUT2D eigenvalue weighted by Gasteiger charge is -2.11. The van der Waals surface area contributed by atoms with Gasteiger partial charge in [0.1, 0.15) is 27.8 Å². The highest BCUT2D eigenvalue weighted by molar-refractivity contribution is 9.10. The van der Waals surface area contributed by atoms with Gasteiger partial charge in [-0.15, -0.1) is 5.10 Å². The molecule has 0 spiro atoms. The first-order valence-corrected chi connectivity index (χ1v) is 16.2. The van der Waals surface area contributed by atoms with Crippen LogP contribution in [0.25, 0.3) is 94.8 Å². The Balaban J connectivity index is 1.19. The molecular weight excluding hydrogens is 664 g/mol. The van der Waals surface area contributed by atoms with E-state index >= 15 is 0 Å². The Morgan fingerprint density at radius 1 is 0.479 bits per heavy atom. The second-order valence-electron chi connectivity index (χ2n) is 11.6. The van der Waals surface area contributed by atoms with Crippen LogP contribution in [0, 0.1) is 0 Å². The van der Waals surface area contributed by atoms with E-state index in [1.165, 1.54) is 0 Å². The maximum absolute atomic E-state index is 6.11. The van der Waals surface area contributed by atoms with E-state index in [2.05, 4.69) is 50.5 Å². The van der Waals surface area contributed by atoms with E-state index < -0.39 is 0 Å². The zero-order chi connectivity index (χ0) is 31.8. The summed E-state index contributed by atoms with van der Waals surface area (Å²) in [6.45, 7) is 0. The number of para-hydroxylation sites is 3. The molecule has 0 N–H and O–H groups in total. The van der Waals surface area contributed by atoms with Crippen molar-refractivity contribution in [1.29, 1.82) is 0 Å². The van der Waals surface area contributed by atoms with Crippen LogP contribution in [0.2, 0.25) is 0 Å². The fourth-order valence-corrected chi connectivity index (χ4v) is 6.86. The number of fused-ring (bicyclic) bond motifs is 7. The number of hydrogen-bond donors (Lipinski definition) is 0. The van der Waals surface area contributed by atoms with E-state index in [-0.39, 0.29) is 0 Å². The summed E-state index contributed by atoms with van der Waals surface area (Å²) < 4.78 is 14.9. The SMILES string of the molecule is Brc1cc(-c2nc(-c3ccc4oc5ccccc5c4c3)nc(-c3ccc4oc5ccccc5c4c3)n2)cc(-n2nnc3ccccc32)c1. The molecule has 8 nitrogen and oxygen atoms in total. The summed E-state index contributed by atoms with van der Waals surface area (Å²) in [6.07, 6.45) is 0. The first kappa shape index (κ1) is 27.0. The molecule has 226 valence electrons. The molecule has 4 heterocycles. The Morgan fingerprint density at radius 3 is 1.67 bits per heavy atom. The third-order valence-electron chi connectivity index (χ3n) is 8.64. The molecule has 0 saturated carbocycles. The Morgan fingerprint density at radius 2 is 1.02 bits per heavy atom. The van der Waals surface area contributed by atoms with Gasteiger partial charge >= 0.3 is 0 Å². The average molecular weight is 686 g/mol. The predicted octanol–water partition coefficient (Wildman–Crippen LogP) is 10.2. The Labute approximate surface area is 280 Å². The number of aromatic nitrogens is 6. The molecule has 0 bridgehead atoms. The minimum absolute atomic E-state index is 0.524. The Kier molecular flexibility index (Phi) is 5.85. The van der Waals surface area contributed by atoms with Crippen molar-refractivity contribution in [1.82, 2.24) is 29.9 Å². The zero-order valence-corrected chi connectivity index (χ0v) is 26.6. The molecule has 0 unspecified atom stereocenters. The van der Waals surface area contributed by atoms with Gasteiger partial charge in [-0.1, -0.05) is 69.7 Å².